The SMILES string of the molecule is CSCc1cc(Cl)nc(Cl)n1. The second-order valence-electron chi connectivity index (χ2n) is 1.88. The lowest BCUT2D eigenvalue weighted by molar-refractivity contribution is 1.09. The number of aromatic nitrogens is 2. The van der Waals surface area contributed by atoms with Crippen molar-refractivity contribution in [3.8, 4) is 0 Å². The second-order valence-corrected chi connectivity index (χ2v) is 3.48. The zero-order valence-electron chi connectivity index (χ0n) is 5.84. The molecule has 0 spiro atoms. The lowest BCUT2D eigenvalue weighted by Crippen LogP contribution is -1.90. The summed E-state index contributed by atoms with van der Waals surface area (Å²) in [5.74, 6) is 0.808. The van der Waals surface area contributed by atoms with Crippen LogP contribution in [0.3, 0.4) is 0 Å². The molecule has 5 heteroatoms. The molecule has 0 unspecified atom stereocenters. The summed E-state index contributed by atoms with van der Waals surface area (Å²) >= 11 is 12.9. The number of thioether (sulfide) groups is 1. The highest BCUT2D eigenvalue weighted by Gasteiger charge is 1.99. The molecule has 0 saturated carbocycles. The van der Waals surface area contributed by atoms with Crippen LogP contribution in [0.25, 0.3) is 0 Å². The molecule has 0 aliphatic heterocycles. The Balaban J connectivity index is 2.89. The lowest BCUT2D eigenvalue weighted by atomic mass is 10.5. The summed E-state index contributed by atoms with van der Waals surface area (Å²) in [4.78, 5) is 7.70. The minimum Gasteiger partial charge on any atom is -0.222 e. The van der Waals surface area contributed by atoms with Crippen LogP contribution in [0, 0.1) is 0 Å². The lowest BCUT2D eigenvalue weighted by Gasteiger charge is -1.97. The van der Waals surface area contributed by atoms with Crippen LogP contribution in [0.15, 0.2) is 6.07 Å². The molecular weight excluding hydrogens is 203 g/mol. The predicted octanol–water partition coefficient (Wildman–Crippen LogP) is 2.65. The first kappa shape index (κ1) is 9.10. The first-order chi connectivity index (χ1) is 5.22. The highest BCUT2D eigenvalue weighted by molar-refractivity contribution is 7.97. The van der Waals surface area contributed by atoms with Gasteiger partial charge in [0.1, 0.15) is 5.15 Å². The van der Waals surface area contributed by atoms with E-state index in [1.54, 1.807) is 17.8 Å². The molecule has 0 aliphatic rings. The van der Waals surface area contributed by atoms with Gasteiger partial charge in [0.05, 0.1) is 5.69 Å². The Hall–Kier alpha value is 0.01000. The highest BCUT2D eigenvalue weighted by atomic mass is 35.5. The minimum absolute atomic E-state index is 0.210. The molecule has 11 heavy (non-hydrogen) atoms. The van der Waals surface area contributed by atoms with E-state index in [9.17, 15) is 0 Å². The monoisotopic (exact) mass is 208 g/mol. The van der Waals surface area contributed by atoms with Gasteiger partial charge in [0.15, 0.2) is 0 Å². The van der Waals surface area contributed by atoms with Crippen LogP contribution in [0.5, 0.6) is 0 Å². The first-order valence-corrected chi connectivity index (χ1v) is 5.05. The van der Waals surface area contributed by atoms with Gasteiger partial charge in [-0.3, -0.25) is 0 Å². The van der Waals surface area contributed by atoms with Crippen molar-refractivity contribution in [3.63, 3.8) is 0 Å². The highest BCUT2D eigenvalue weighted by Crippen LogP contribution is 2.13. The molecular formula is C6H6Cl2N2S. The van der Waals surface area contributed by atoms with Crippen molar-refractivity contribution in [1.29, 1.82) is 0 Å². The van der Waals surface area contributed by atoms with E-state index in [2.05, 4.69) is 9.97 Å². The largest absolute Gasteiger partial charge is 0.224 e. The van der Waals surface area contributed by atoms with E-state index in [4.69, 9.17) is 23.2 Å². The summed E-state index contributed by atoms with van der Waals surface area (Å²) in [5.41, 5.74) is 0.863. The predicted molar refractivity (Wildman–Crippen MR) is 49.3 cm³/mol. The van der Waals surface area contributed by atoms with E-state index in [0.717, 1.165) is 11.4 Å². The summed E-state index contributed by atoms with van der Waals surface area (Å²) in [6.07, 6.45) is 1.99. The topological polar surface area (TPSA) is 25.8 Å². The van der Waals surface area contributed by atoms with Gasteiger partial charge in [-0.1, -0.05) is 11.6 Å². The zero-order chi connectivity index (χ0) is 8.27. The van der Waals surface area contributed by atoms with Gasteiger partial charge in [-0.05, 0) is 23.9 Å². The maximum absolute atomic E-state index is 5.64. The Morgan fingerprint density at radius 1 is 1.45 bits per heavy atom. The normalized spacial score (nSPS) is 10.1. The Bertz CT molecular complexity index is 234. The molecule has 0 bridgehead atoms. The van der Waals surface area contributed by atoms with Gasteiger partial charge < -0.3 is 0 Å². The minimum atomic E-state index is 0.210. The quantitative estimate of drug-likeness (QED) is 0.553. The number of hydrogen-bond donors (Lipinski definition) is 0. The third-order valence-corrected chi connectivity index (χ3v) is 1.96. The summed E-state index contributed by atoms with van der Waals surface area (Å²) in [7, 11) is 0. The molecule has 0 radical (unpaired) electrons. The average Bonchev–Trinajstić information content (AvgIpc) is 1.85. The Labute approximate surface area is 79.3 Å². The smallest absolute Gasteiger partial charge is 0.222 e. The fraction of sp³-hybridized carbons (Fsp3) is 0.333. The van der Waals surface area contributed by atoms with Gasteiger partial charge in [-0.2, -0.15) is 11.8 Å². The van der Waals surface area contributed by atoms with E-state index in [0.29, 0.717) is 5.15 Å². The van der Waals surface area contributed by atoms with Crippen LogP contribution in [-0.2, 0) is 5.75 Å². The molecule has 60 valence electrons. The number of halogens is 2. The third kappa shape index (κ3) is 2.85. The first-order valence-electron chi connectivity index (χ1n) is 2.90. The van der Waals surface area contributed by atoms with Gasteiger partial charge in [-0.15, -0.1) is 0 Å². The van der Waals surface area contributed by atoms with Crippen molar-refractivity contribution >= 4 is 35.0 Å². The molecule has 0 atom stereocenters. The second kappa shape index (κ2) is 4.14. The molecule has 0 amide bonds. The average molecular weight is 209 g/mol. The Kier molecular flexibility index (Phi) is 3.43. The van der Waals surface area contributed by atoms with E-state index in [1.807, 2.05) is 6.26 Å². The van der Waals surface area contributed by atoms with Crippen LogP contribution in [0.1, 0.15) is 5.69 Å². The molecule has 1 aromatic heterocycles. The van der Waals surface area contributed by atoms with Crippen molar-refractivity contribution in [2.45, 2.75) is 5.75 Å². The summed E-state index contributed by atoms with van der Waals surface area (Å²) in [6, 6.07) is 1.71. The fourth-order valence-corrected chi connectivity index (χ4v) is 1.55. The Morgan fingerprint density at radius 2 is 2.18 bits per heavy atom. The molecule has 0 saturated heterocycles. The molecule has 0 aromatic carbocycles. The summed E-state index contributed by atoms with van der Waals surface area (Å²) < 4.78 is 0. The van der Waals surface area contributed by atoms with Gasteiger partial charge in [0.25, 0.3) is 0 Å². The maximum atomic E-state index is 5.64. The number of hydrogen-bond acceptors (Lipinski definition) is 3. The van der Waals surface area contributed by atoms with Crippen molar-refractivity contribution in [3.05, 3.63) is 22.2 Å². The van der Waals surface area contributed by atoms with Gasteiger partial charge in [-0.25, -0.2) is 9.97 Å². The van der Waals surface area contributed by atoms with Crippen LogP contribution in [0.2, 0.25) is 10.4 Å². The maximum Gasteiger partial charge on any atom is 0.224 e. The number of rotatable bonds is 2. The van der Waals surface area contributed by atoms with E-state index < -0.39 is 0 Å². The van der Waals surface area contributed by atoms with E-state index in [1.165, 1.54) is 0 Å². The molecule has 1 rings (SSSR count). The fourth-order valence-electron chi connectivity index (χ4n) is 0.655. The van der Waals surface area contributed by atoms with Crippen LogP contribution >= 0.6 is 35.0 Å². The molecule has 1 aromatic rings. The van der Waals surface area contributed by atoms with Crippen LogP contribution < -0.4 is 0 Å². The van der Waals surface area contributed by atoms with Gasteiger partial charge in [0.2, 0.25) is 5.28 Å². The van der Waals surface area contributed by atoms with E-state index in [-0.39, 0.29) is 5.28 Å². The van der Waals surface area contributed by atoms with Gasteiger partial charge >= 0.3 is 0 Å². The van der Waals surface area contributed by atoms with Crippen LogP contribution in [-0.4, -0.2) is 16.2 Å². The van der Waals surface area contributed by atoms with Crippen LogP contribution in [0.4, 0.5) is 0 Å². The molecule has 0 fully saturated rings. The van der Waals surface area contributed by atoms with E-state index >= 15 is 0 Å². The summed E-state index contributed by atoms with van der Waals surface area (Å²) in [6.45, 7) is 0. The number of nitrogens with zero attached hydrogens (tertiary/aromatic N) is 2. The molecule has 1 heterocycles. The zero-order valence-corrected chi connectivity index (χ0v) is 8.17. The van der Waals surface area contributed by atoms with Crippen molar-refractivity contribution in [2.75, 3.05) is 6.26 Å². The van der Waals surface area contributed by atoms with Crippen molar-refractivity contribution in [2.24, 2.45) is 0 Å². The third-order valence-electron chi connectivity index (χ3n) is 1.01. The Morgan fingerprint density at radius 3 is 2.73 bits per heavy atom. The van der Waals surface area contributed by atoms with Gasteiger partial charge in [0, 0.05) is 5.75 Å². The van der Waals surface area contributed by atoms with Crippen molar-refractivity contribution < 1.29 is 0 Å². The van der Waals surface area contributed by atoms with Crippen molar-refractivity contribution in [1.82, 2.24) is 9.97 Å². The molecule has 0 N–H and O–H groups in total. The molecule has 0 aliphatic carbocycles. The standard InChI is InChI=1S/C6H6Cl2N2S/c1-11-3-4-2-5(7)10-6(8)9-4/h2H,3H2,1H3. The summed E-state index contributed by atoms with van der Waals surface area (Å²) in [5, 5.41) is 0.607. The molecule has 2 nitrogen and oxygen atoms in total.